The Bertz CT molecular complexity index is 321. The van der Waals surface area contributed by atoms with E-state index >= 15 is 0 Å². The van der Waals surface area contributed by atoms with Gasteiger partial charge in [0.25, 0.3) is 0 Å². The average molecular weight is 269 g/mol. The van der Waals surface area contributed by atoms with Gasteiger partial charge in [0.05, 0.1) is 24.2 Å². The summed E-state index contributed by atoms with van der Waals surface area (Å²) in [6, 6.07) is 0. The minimum Gasteiger partial charge on any atom is -0.0691 e. The zero-order valence-corrected chi connectivity index (χ0v) is 15.6. The second-order valence-electron chi connectivity index (χ2n) is 9.61. The summed E-state index contributed by atoms with van der Waals surface area (Å²) in [5.74, 6) is 1.23. The van der Waals surface area contributed by atoms with Crippen molar-refractivity contribution in [3.63, 3.8) is 0 Å². The summed E-state index contributed by atoms with van der Waals surface area (Å²) in [5, 5.41) is 2.88. The lowest BCUT2D eigenvalue weighted by atomic mass is 10.9. The monoisotopic (exact) mass is 268 g/mol. The summed E-state index contributed by atoms with van der Waals surface area (Å²) < 4.78 is 0. The molecule has 3 heteroatoms. The molecule has 0 unspecified atom stereocenters. The molecule has 92 valence electrons. The van der Waals surface area contributed by atoms with Gasteiger partial charge in [-0.1, -0.05) is 58.9 Å². The van der Waals surface area contributed by atoms with E-state index in [1.165, 1.54) is 5.92 Å². The van der Waals surface area contributed by atoms with Gasteiger partial charge in [-0.2, -0.15) is 0 Å². The highest BCUT2D eigenvalue weighted by Gasteiger charge is 3.31. The number of rotatable bonds is 3. The highest BCUT2D eigenvalue weighted by Crippen LogP contribution is 3.44. The molecule has 0 aromatic carbocycles. The van der Waals surface area contributed by atoms with Crippen molar-refractivity contribution in [2.45, 2.75) is 74.0 Å². The van der Waals surface area contributed by atoms with E-state index in [4.69, 9.17) is 0 Å². The van der Waals surface area contributed by atoms with Crippen LogP contribution < -0.4 is 0 Å². The van der Waals surface area contributed by atoms with Crippen molar-refractivity contribution in [2.24, 2.45) is 5.92 Å². The van der Waals surface area contributed by atoms with Gasteiger partial charge in [0.1, 0.15) is 0 Å². The Morgan fingerprint density at radius 3 is 0.750 bits per heavy atom. The van der Waals surface area contributed by atoms with Crippen molar-refractivity contribution < 1.29 is 0 Å². The molecule has 0 radical (unpaired) electrons. The third kappa shape index (κ3) is 0.653. The van der Waals surface area contributed by atoms with Crippen molar-refractivity contribution in [2.75, 3.05) is 0 Å². The van der Waals surface area contributed by atoms with Crippen molar-refractivity contribution in [3.05, 3.63) is 0 Å². The quantitative estimate of drug-likeness (QED) is 0.640. The Labute approximate surface area is 104 Å². The lowest BCUT2D eigenvalue weighted by Gasteiger charge is -2.20. The van der Waals surface area contributed by atoms with Gasteiger partial charge in [-0.25, -0.2) is 0 Å². The van der Waals surface area contributed by atoms with Crippen LogP contribution in [-0.2, 0) is 0 Å². The van der Waals surface area contributed by atoms with Crippen LogP contribution in [0.5, 0.6) is 0 Å². The van der Waals surface area contributed by atoms with Gasteiger partial charge in [0.15, 0.2) is 0 Å². The van der Waals surface area contributed by atoms with E-state index in [1.54, 1.807) is 0 Å². The van der Waals surface area contributed by atoms with Crippen molar-refractivity contribution in [1.29, 1.82) is 0 Å². The smallest absolute Gasteiger partial charge is 0.0516 e. The number of hydrogen-bond donors (Lipinski definition) is 0. The van der Waals surface area contributed by atoms with Gasteiger partial charge in [-0.05, 0) is 21.0 Å². The van der Waals surface area contributed by atoms with Gasteiger partial charge in [0, 0.05) is 0 Å². The zero-order valence-electron chi connectivity index (χ0n) is 12.6. The summed E-state index contributed by atoms with van der Waals surface area (Å²) in [7, 11) is -2.79. The van der Waals surface area contributed by atoms with Gasteiger partial charge < -0.3 is 0 Å². The SMILES string of the molecule is C[Si](C)(C)C12C3C1([Si](C)(C)C)C32[Si](C)(C)C. The van der Waals surface area contributed by atoms with Crippen LogP contribution in [0.4, 0.5) is 0 Å². The molecule has 4 aliphatic carbocycles. The Balaban J connectivity index is 2.07. The highest BCUT2D eigenvalue weighted by atomic mass is 28.3. The minimum atomic E-state index is -0.931. The Morgan fingerprint density at radius 2 is 0.688 bits per heavy atom. The van der Waals surface area contributed by atoms with E-state index in [-0.39, 0.29) is 0 Å². The topological polar surface area (TPSA) is 0 Å². The normalized spacial score (nSPS) is 53.4. The molecule has 0 aromatic rings. The van der Waals surface area contributed by atoms with Crippen molar-refractivity contribution in [3.8, 4) is 0 Å². The van der Waals surface area contributed by atoms with E-state index < -0.39 is 24.2 Å². The second kappa shape index (κ2) is 2.14. The molecule has 0 aliphatic heterocycles. The minimum absolute atomic E-state index is 0.931. The van der Waals surface area contributed by atoms with Crippen LogP contribution in [0.15, 0.2) is 0 Å². The first kappa shape index (κ1) is 11.7. The maximum Gasteiger partial charge on any atom is 0.0516 e. The molecule has 4 fully saturated rings. The predicted octanol–water partition coefficient (Wildman–Crippen LogP) is 4.88. The average Bonchev–Trinajstić information content (AvgIpc) is 2.77. The van der Waals surface area contributed by atoms with Gasteiger partial charge in [0.2, 0.25) is 0 Å². The second-order valence-corrected chi connectivity index (χ2v) is 25.5. The molecule has 0 saturated heterocycles. The van der Waals surface area contributed by atoms with E-state index in [1.807, 2.05) is 0 Å². The first-order chi connectivity index (χ1) is 6.87. The Kier molecular flexibility index (Phi) is 1.57. The van der Waals surface area contributed by atoms with Gasteiger partial charge >= 0.3 is 0 Å². The molecule has 0 spiro atoms. The standard InChI is InChI=1S/C13H28Si3/c1-14(2,3)11-10-12(11,15(4,5)6)13(10,11)16(7,8)9/h10H,1-9H3. The molecular formula is C13H28Si3. The van der Waals surface area contributed by atoms with Gasteiger partial charge in [-0.15, -0.1) is 0 Å². The first-order valence-corrected chi connectivity index (χ1v) is 17.4. The maximum absolute atomic E-state index is 2.65. The molecule has 0 heterocycles. The predicted molar refractivity (Wildman–Crippen MR) is 81.6 cm³/mol. The lowest BCUT2D eigenvalue weighted by molar-refractivity contribution is 1.27. The lowest BCUT2D eigenvalue weighted by Crippen LogP contribution is -2.26. The fourth-order valence-corrected chi connectivity index (χ4v) is 26.7. The molecule has 4 saturated carbocycles. The first-order valence-electron chi connectivity index (χ1n) is 6.87. The molecule has 0 bridgehead atoms. The summed E-state index contributed by atoms with van der Waals surface area (Å²) in [5.41, 5.74) is 0. The van der Waals surface area contributed by atoms with Crippen LogP contribution in [0.1, 0.15) is 0 Å². The van der Waals surface area contributed by atoms with Crippen molar-refractivity contribution in [1.82, 2.24) is 0 Å². The zero-order chi connectivity index (χ0) is 12.6. The molecule has 0 nitrogen and oxygen atoms in total. The van der Waals surface area contributed by atoms with Crippen LogP contribution in [0.25, 0.3) is 0 Å². The largest absolute Gasteiger partial charge is 0.0691 e. The molecule has 0 N–H and O–H groups in total. The fourth-order valence-electron chi connectivity index (χ4n) is 6.68. The maximum atomic E-state index is 2.65. The van der Waals surface area contributed by atoms with Crippen LogP contribution in [0.3, 0.4) is 0 Å². The molecule has 4 rings (SSSR count). The summed E-state index contributed by atoms with van der Waals surface area (Å²) in [4.78, 5) is 0. The van der Waals surface area contributed by atoms with E-state index in [0.717, 1.165) is 15.1 Å². The van der Waals surface area contributed by atoms with Crippen molar-refractivity contribution >= 4 is 24.2 Å². The summed E-state index contributed by atoms with van der Waals surface area (Å²) in [6.07, 6.45) is 0. The van der Waals surface area contributed by atoms with E-state index in [9.17, 15) is 0 Å². The summed E-state index contributed by atoms with van der Waals surface area (Å²) in [6.45, 7) is 23.8. The molecule has 16 heavy (non-hydrogen) atoms. The van der Waals surface area contributed by atoms with Gasteiger partial charge in [-0.3, -0.25) is 0 Å². The van der Waals surface area contributed by atoms with Crippen LogP contribution in [0.2, 0.25) is 74.0 Å². The van der Waals surface area contributed by atoms with E-state index in [0.29, 0.717) is 0 Å². The molecule has 4 aliphatic rings. The highest BCUT2D eigenvalue weighted by molar-refractivity contribution is 7.04. The summed E-state index contributed by atoms with van der Waals surface area (Å²) >= 11 is 0. The molecular weight excluding hydrogens is 240 g/mol. The molecule has 0 amide bonds. The number of hydrogen-bond acceptors (Lipinski definition) is 0. The third-order valence-electron chi connectivity index (χ3n) is 6.40. The fraction of sp³-hybridized carbons (Fsp3) is 1.00. The Morgan fingerprint density at radius 1 is 0.500 bits per heavy atom. The molecule has 0 aromatic heterocycles. The van der Waals surface area contributed by atoms with Crippen LogP contribution in [-0.4, -0.2) is 24.2 Å². The van der Waals surface area contributed by atoms with Crippen LogP contribution in [0, 0.1) is 5.92 Å². The van der Waals surface area contributed by atoms with E-state index in [2.05, 4.69) is 58.9 Å². The van der Waals surface area contributed by atoms with Crippen LogP contribution >= 0.6 is 0 Å². The Hall–Kier alpha value is 0.651. The molecule has 0 atom stereocenters. The third-order valence-corrected chi connectivity index (χ3v) is 17.5.